The highest BCUT2D eigenvalue weighted by Gasteiger charge is 2.30. The maximum atomic E-state index is 11.6. The van der Waals surface area contributed by atoms with Crippen molar-refractivity contribution in [2.24, 2.45) is 0 Å². The number of nitrogens with one attached hydrogen (secondary N) is 2. The number of carbonyl (C=O) groups is 1. The smallest absolute Gasteiger partial charge is 0.221 e. The lowest BCUT2D eigenvalue weighted by Crippen LogP contribution is -2.41. The third kappa shape index (κ3) is 3.97. The first-order chi connectivity index (χ1) is 10.2. The predicted molar refractivity (Wildman–Crippen MR) is 82.5 cm³/mol. The second-order valence-corrected chi connectivity index (χ2v) is 6.19. The first-order valence-corrected chi connectivity index (χ1v) is 7.91. The van der Waals surface area contributed by atoms with Gasteiger partial charge in [-0.3, -0.25) is 4.79 Å². The largest absolute Gasteiger partial charge is 0.497 e. The Morgan fingerprint density at radius 3 is 2.81 bits per heavy atom. The first kappa shape index (κ1) is 14.4. The summed E-state index contributed by atoms with van der Waals surface area (Å²) in [7, 11) is 1.71. The molecule has 0 atom stereocenters. The molecule has 0 radical (unpaired) electrons. The van der Waals surface area contributed by atoms with E-state index in [4.69, 9.17) is 4.74 Å². The Morgan fingerprint density at radius 1 is 1.29 bits per heavy atom. The molecule has 2 aliphatic carbocycles. The van der Waals surface area contributed by atoms with E-state index < -0.39 is 0 Å². The second-order valence-electron chi connectivity index (χ2n) is 6.19. The number of benzene rings is 1. The van der Waals surface area contributed by atoms with Crippen molar-refractivity contribution in [1.29, 1.82) is 0 Å². The van der Waals surface area contributed by atoms with E-state index >= 15 is 0 Å². The highest BCUT2D eigenvalue weighted by molar-refractivity contribution is 5.76. The summed E-state index contributed by atoms with van der Waals surface area (Å²) in [6.45, 7) is 0.786. The summed E-state index contributed by atoms with van der Waals surface area (Å²) < 4.78 is 5.27. The minimum atomic E-state index is 0.189. The Bertz CT molecular complexity index is 493. The number of hydrogen-bond donors (Lipinski definition) is 2. The van der Waals surface area contributed by atoms with E-state index in [1.54, 1.807) is 7.11 Å². The molecule has 0 spiro atoms. The second kappa shape index (κ2) is 6.48. The van der Waals surface area contributed by atoms with Crippen molar-refractivity contribution in [2.45, 2.75) is 50.1 Å². The van der Waals surface area contributed by atoms with Gasteiger partial charge >= 0.3 is 0 Å². The van der Waals surface area contributed by atoms with Gasteiger partial charge in [-0.15, -0.1) is 0 Å². The molecule has 4 heteroatoms. The number of rotatable bonds is 7. The molecule has 2 aliphatic rings. The Balaban J connectivity index is 1.34. The van der Waals surface area contributed by atoms with Crippen molar-refractivity contribution in [3.05, 3.63) is 29.8 Å². The van der Waals surface area contributed by atoms with Crippen LogP contribution < -0.4 is 15.4 Å². The van der Waals surface area contributed by atoms with Crippen LogP contribution in [0.25, 0.3) is 0 Å². The quantitative estimate of drug-likeness (QED) is 0.808. The standard InChI is InChI=1S/C17H24N2O2/c1-21-16-4-2-3-12(11-16)13-9-15(10-13)18-8-7-17(20)19-14-5-6-14/h2-4,11,13-15,18H,5-10H2,1H3,(H,19,20). The van der Waals surface area contributed by atoms with Crippen molar-refractivity contribution >= 4 is 5.91 Å². The number of hydrogen-bond acceptors (Lipinski definition) is 3. The molecular formula is C17H24N2O2. The van der Waals surface area contributed by atoms with E-state index in [0.717, 1.165) is 38.0 Å². The highest BCUT2D eigenvalue weighted by Crippen LogP contribution is 2.37. The monoisotopic (exact) mass is 288 g/mol. The minimum Gasteiger partial charge on any atom is -0.497 e. The zero-order valence-electron chi connectivity index (χ0n) is 12.6. The highest BCUT2D eigenvalue weighted by atomic mass is 16.5. The fourth-order valence-corrected chi connectivity index (χ4v) is 2.87. The summed E-state index contributed by atoms with van der Waals surface area (Å²) in [4.78, 5) is 11.6. The minimum absolute atomic E-state index is 0.189. The molecule has 3 rings (SSSR count). The molecule has 0 heterocycles. The van der Waals surface area contributed by atoms with Crippen LogP contribution in [0.2, 0.25) is 0 Å². The molecule has 1 amide bonds. The van der Waals surface area contributed by atoms with Crippen LogP contribution in [0.5, 0.6) is 5.75 Å². The summed E-state index contributed by atoms with van der Waals surface area (Å²) in [6, 6.07) is 9.36. The molecule has 0 bridgehead atoms. The van der Waals surface area contributed by atoms with Crippen molar-refractivity contribution in [3.63, 3.8) is 0 Å². The third-order valence-electron chi connectivity index (χ3n) is 4.43. The number of carbonyl (C=O) groups excluding carboxylic acids is 1. The molecule has 0 saturated heterocycles. The summed E-state index contributed by atoms with van der Waals surface area (Å²) in [6.07, 6.45) is 5.21. The van der Waals surface area contributed by atoms with Gasteiger partial charge in [-0.2, -0.15) is 0 Å². The van der Waals surface area contributed by atoms with Crippen LogP contribution in [0.4, 0.5) is 0 Å². The lowest BCUT2D eigenvalue weighted by Gasteiger charge is -2.36. The topological polar surface area (TPSA) is 50.4 Å². The lowest BCUT2D eigenvalue weighted by molar-refractivity contribution is -0.121. The summed E-state index contributed by atoms with van der Waals surface area (Å²) in [5.74, 6) is 1.74. The van der Waals surface area contributed by atoms with Gasteiger partial charge in [-0.05, 0) is 49.3 Å². The van der Waals surface area contributed by atoms with Crippen LogP contribution in [-0.2, 0) is 4.79 Å². The molecule has 0 aromatic heterocycles. The van der Waals surface area contributed by atoms with E-state index in [0.29, 0.717) is 24.4 Å². The predicted octanol–water partition coefficient (Wildman–Crippen LogP) is 2.20. The summed E-state index contributed by atoms with van der Waals surface area (Å²) in [5.41, 5.74) is 1.36. The van der Waals surface area contributed by atoms with Crippen LogP contribution in [0.1, 0.15) is 43.6 Å². The average Bonchev–Trinajstić information content (AvgIpc) is 3.25. The fourth-order valence-electron chi connectivity index (χ4n) is 2.87. The molecule has 1 aromatic rings. The van der Waals surface area contributed by atoms with Gasteiger partial charge in [-0.1, -0.05) is 12.1 Å². The van der Waals surface area contributed by atoms with E-state index in [1.807, 2.05) is 6.07 Å². The fraction of sp³-hybridized carbons (Fsp3) is 0.588. The van der Waals surface area contributed by atoms with Gasteiger partial charge in [0.1, 0.15) is 5.75 Å². The molecule has 1 aromatic carbocycles. The van der Waals surface area contributed by atoms with E-state index in [-0.39, 0.29) is 5.91 Å². The maximum absolute atomic E-state index is 11.6. The Hall–Kier alpha value is -1.55. The lowest BCUT2D eigenvalue weighted by atomic mass is 9.76. The van der Waals surface area contributed by atoms with Gasteiger partial charge in [0, 0.05) is 25.0 Å². The molecular weight excluding hydrogens is 264 g/mol. The van der Waals surface area contributed by atoms with Crippen LogP contribution in [0.15, 0.2) is 24.3 Å². The van der Waals surface area contributed by atoms with Gasteiger partial charge in [0.15, 0.2) is 0 Å². The zero-order valence-corrected chi connectivity index (χ0v) is 12.6. The zero-order chi connectivity index (χ0) is 14.7. The normalized spacial score (nSPS) is 24.2. The molecule has 4 nitrogen and oxygen atoms in total. The molecule has 0 unspecified atom stereocenters. The van der Waals surface area contributed by atoms with Gasteiger partial charge in [0.2, 0.25) is 5.91 Å². The molecule has 0 aliphatic heterocycles. The molecule has 114 valence electrons. The molecule has 2 fully saturated rings. The third-order valence-corrected chi connectivity index (χ3v) is 4.43. The van der Waals surface area contributed by atoms with E-state index in [1.165, 1.54) is 5.56 Å². The van der Waals surface area contributed by atoms with E-state index in [9.17, 15) is 4.79 Å². The van der Waals surface area contributed by atoms with Crippen molar-refractivity contribution in [2.75, 3.05) is 13.7 Å². The van der Waals surface area contributed by atoms with Crippen LogP contribution >= 0.6 is 0 Å². The number of ether oxygens (including phenoxy) is 1. The number of methoxy groups -OCH3 is 1. The van der Waals surface area contributed by atoms with Crippen LogP contribution in [0.3, 0.4) is 0 Å². The van der Waals surface area contributed by atoms with E-state index in [2.05, 4.69) is 28.8 Å². The van der Waals surface area contributed by atoms with Crippen molar-refractivity contribution in [3.8, 4) is 5.75 Å². The van der Waals surface area contributed by atoms with Gasteiger partial charge in [-0.25, -0.2) is 0 Å². The molecule has 21 heavy (non-hydrogen) atoms. The Kier molecular flexibility index (Phi) is 4.44. The first-order valence-electron chi connectivity index (χ1n) is 7.91. The van der Waals surface area contributed by atoms with Crippen molar-refractivity contribution < 1.29 is 9.53 Å². The van der Waals surface area contributed by atoms with Crippen LogP contribution in [0, 0.1) is 0 Å². The Labute approximate surface area is 126 Å². The molecule has 2 saturated carbocycles. The van der Waals surface area contributed by atoms with Crippen molar-refractivity contribution in [1.82, 2.24) is 10.6 Å². The SMILES string of the molecule is COc1cccc(C2CC(NCCC(=O)NC3CC3)C2)c1. The van der Waals surface area contributed by atoms with Crippen LogP contribution in [-0.4, -0.2) is 31.6 Å². The van der Waals surface area contributed by atoms with Gasteiger partial charge < -0.3 is 15.4 Å². The van der Waals surface area contributed by atoms with Gasteiger partial charge in [0.25, 0.3) is 0 Å². The molecule has 2 N–H and O–H groups in total. The number of amides is 1. The van der Waals surface area contributed by atoms with Gasteiger partial charge in [0.05, 0.1) is 7.11 Å². The average molecular weight is 288 g/mol. The summed E-state index contributed by atoms with van der Waals surface area (Å²) in [5, 5.41) is 6.50. The maximum Gasteiger partial charge on any atom is 0.221 e. The summed E-state index contributed by atoms with van der Waals surface area (Å²) >= 11 is 0. The Morgan fingerprint density at radius 2 is 2.10 bits per heavy atom.